The van der Waals surface area contributed by atoms with E-state index < -0.39 is 0 Å². The van der Waals surface area contributed by atoms with Gasteiger partial charge in [-0.2, -0.15) is 0 Å². The van der Waals surface area contributed by atoms with Crippen LogP contribution in [0.3, 0.4) is 0 Å². The van der Waals surface area contributed by atoms with Crippen molar-refractivity contribution < 1.29 is 23.8 Å². The third-order valence-corrected chi connectivity index (χ3v) is 4.71. The van der Waals surface area contributed by atoms with E-state index in [4.69, 9.17) is 14.2 Å². The Bertz CT molecular complexity index is 1070. The normalized spacial score (nSPS) is 11.6. The fourth-order valence-electron chi connectivity index (χ4n) is 3.10. The average molecular weight is 418 g/mol. The Labute approximate surface area is 179 Å². The highest BCUT2D eigenvalue weighted by molar-refractivity contribution is 5.97. The number of rotatable bonds is 8. The lowest BCUT2D eigenvalue weighted by atomic mass is 10.1. The van der Waals surface area contributed by atoms with Crippen LogP contribution >= 0.6 is 0 Å². The van der Waals surface area contributed by atoms with Gasteiger partial charge in [0.25, 0.3) is 11.8 Å². The van der Waals surface area contributed by atoms with Crippen LogP contribution in [-0.2, 0) is 17.9 Å². The second-order valence-corrected chi connectivity index (χ2v) is 6.92. The molecule has 1 aliphatic heterocycles. The number of nitrogens with one attached hydrogen (secondary N) is 2. The lowest BCUT2D eigenvalue weighted by Gasteiger charge is -2.12. The van der Waals surface area contributed by atoms with E-state index in [0.29, 0.717) is 35.9 Å². The molecule has 0 spiro atoms. The second kappa shape index (κ2) is 9.67. The van der Waals surface area contributed by atoms with E-state index in [-0.39, 0.29) is 25.2 Å². The largest absolute Gasteiger partial charge is 0.483 e. The van der Waals surface area contributed by atoms with Gasteiger partial charge in [0, 0.05) is 13.1 Å². The molecule has 3 aromatic carbocycles. The summed E-state index contributed by atoms with van der Waals surface area (Å²) in [7, 11) is 0. The van der Waals surface area contributed by atoms with Gasteiger partial charge in [0.15, 0.2) is 18.1 Å². The van der Waals surface area contributed by atoms with Gasteiger partial charge in [-0.05, 0) is 35.4 Å². The van der Waals surface area contributed by atoms with Crippen LogP contribution in [0.2, 0.25) is 0 Å². The Morgan fingerprint density at radius 1 is 0.806 bits per heavy atom. The third-order valence-electron chi connectivity index (χ3n) is 4.71. The number of benzene rings is 3. The molecule has 0 aromatic heterocycles. The number of para-hydroxylation sites is 1. The summed E-state index contributed by atoms with van der Waals surface area (Å²) in [5.74, 6) is 1.16. The molecule has 0 atom stereocenters. The first-order chi connectivity index (χ1) is 15.2. The van der Waals surface area contributed by atoms with Gasteiger partial charge in [-0.1, -0.05) is 48.5 Å². The van der Waals surface area contributed by atoms with Crippen LogP contribution in [-0.4, -0.2) is 25.2 Å². The molecule has 31 heavy (non-hydrogen) atoms. The van der Waals surface area contributed by atoms with Crippen molar-refractivity contribution in [3.63, 3.8) is 0 Å². The fourth-order valence-corrected chi connectivity index (χ4v) is 3.10. The summed E-state index contributed by atoms with van der Waals surface area (Å²) in [4.78, 5) is 24.8. The van der Waals surface area contributed by atoms with E-state index in [1.54, 1.807) is 24.3 Å². The van der Waals surface area contributed by atoms with Crippen molar-refractivity contribution in [3.05, 3.63) is 89.5 Å². The summed E-state index contributed by atoms with van der Waals surface area (Å²) < 4.78 is 16.2. The number of carbonyl (C=O) groups excluding carboxylic acids is 2. The molecule has 0 fully saturated rings. The molecule has 0 radical (unpaired) electrons. The number of ether oxygens (including phenoxy) is 3. The maximum atomic E-state index is 12.6. The van der Waals surface area contributed by atoms with E-state index in [9.17, 15) is 9.59 Å². The molecule has 1 aliphatic rings. The summed E-state index contributed by atoms with van der Waals surface area (Å²) in [5, 5.41) is 5.66. The highest BCUT2D eigenvalue weighted by Crippen LogP contribution is 2.32. The molecule has 2 N–H and O–H groups in total. The summed E-state index contributed by atoms with van der Waals surface area (Å²) >= 11 is 0. The summed E-state index contributed by atoms with van der Waals surface area (Å²) in [6, 6.07) is 22.0. The van der Waals surface area contributed by atoms with Gasteiger partial charge in [-0.3, -0.25) is 9.59 Å². The minimum atomic E-state index is -0.294. The minimum absolute atomic E-state index is 0.201. The fraction of sp³-hybridized carbons (Fsp3) is 0.167. The highest BCUT2D eigenvalue weighted by atomic mass is 16.7. The standard InChI is InChI=1S/C24H22N2O5/c27-23(25-14-18-10-11-21-22(12-18)31-16-30-21)15-29-20-9-5-4-8-19(20)24(28)26-13-17-6-2-1-3-7-17/h1-12H,13-16H2,(H,25,27)(H,26,28). The van der Waals surface area contributed by atoms with Gasteiger partial charge in [0.05, 0.1) is 5.56 Å². The molecule has 158 valence electrons. The lowest BCUT2D eigenvalue weighted by Crippen LogP contribution is -2.29. The van der Waals surface area contributed by atoms with Crippen LogP contribution in [0.25, 0.3) is 0 Å². The van der Waals surface area contributed by atoms with Crippen molar-refractivity contribution in [3.8, 4) is 17.2 Å². The smallest absolute Gasteiger partial charge is 0.258 e. The summed E-state index contributed by atoms with van der Waals surface area (Å²) in [6.45, 7) is 0.743. The first-order valence-corrected chi connectivity index (χ1v) is 9.88. The quantitative estimate of drug-likeness (QED) is 0.587. The Morgan fingerprint density at radius 2 is 1.55 bits per heavy atom. The SMILES string of the molecule is O=C(COc1ccccc1C(=O)NCc1ccccc1)NCc1ccc2c(c1)OCO2. The molecule has 2 amide bonds. The zero-order chi connectivity index (χ0) is 21.5. The van der Waals surface area contributed by atoms with Gasteiger partial charge in [-0.25, -0.2) is 0 Å². The molecule has 0 bridgehead atoms. The van der Waals surface area contributed by atoms with E-state index >= 15 is 0 Å². The molecule has 0 unspecified atom stereocenters. The van der Waals surface area contributed by atoms with Gasteiger partial charge in [-0.15, -0.1) is 0 Å². The molecule has 1 heterocycles. The Hall–Kier alpha value is -4.00. The molecule has 3 aromatic rings. The van der Waals surface area contributed by atoms with E-state index in [2.05, 4.69) is 10.6 Å². The summed E-state index contributed by atoms with van der Waals surface area (Å²) in [6.07, 6.45) is 0. The Morgan fingerprint density at radius 3 is 2.42 bits per heavy atom. The molecule has 7 heteroatoms. The van der Waals surface area contributed by atoms with Crippen molar-refractivity contribution in [2.24, 2.45) is 0 Å². The maximum absolute atomic E-state index is 12.6. The maximum Gasteiger partial charge on any atom is 0.258 e. The third kappa shape index (κ3) is 5.33. The summed E-state index contributed by atoms with van der Waals surface area (Å²) in [5.41, 5.74) is 2.26. The van der Waals surface area contributed by atoms with Gasteiger partial charge in [0.1, 0.15) is 5.75 Å². The van der Waals surface area contributed by atoms with E-state index in [1.807, 2.05) is 48.5 Å². The molecular weight excluding hydrogens is 396 g/mol. The highest BCUT2D eigenvalue weighted by Gasteiger charge is 2.15. The molecule has 0 saturated heterocycles. The predicted molar refractivity (Wildman–Crippen MR) is 114 cm³/mol. The van der Waals surface area contributed by atoms with Gasteiger partial charge < -0.3 is 24.8 Å². The predicted octanol–water partition coefficient (Wildman–Crippen LogP) is 3.04. The number of amides is 2. The Balaban J connectivity index is 1.29. The van der Waals surface area contributed by atoms with Crippen LogP contribution < -0.4 is 24.8 Å². The molecule has 0 aliphatic carbocycles. The molecule has 7 nitrogen and oxygen atoms in total. The zero-order valence-electron chi connectivity index (χ0n) is 16.8. The first-order valence-electron chi connectivity index (χ1n) is 9.88. The van der Waals surface area contributed by atoms with Crippen LogP contribution in [0.5, 0.6) is 17.2 Å². The molecule has 4 rings (SSSR count). The molecule has 0 saturated carbocycles. The number of fused-ring (bicyclic) bond motifs is 1. The van der Waals surface area contributed by atoms with Crippen LogP contribution in [0.15, 0.2) is 72.8 Å². The van der Waals surface area contributed by atoms with Gasteiger partial charge in [0.2, 0.25) is 6.79 Å². The van der Waals surface area contributed by atoms with Crippen molar-refractivity contribution in [2.45, 2.75) is 13.1 Å². The first kappa shape index (κ1) is 20.3. The molecular formula is C24H22N2O5. The van der Waals surface area contributed by atoms with Crippen LogP contribution in [0.1, 0.15) is 21.5 Å². The minimum Gasteiger partial charge on any atom is -0.483 e. The van der Waals surface area contributed by atoms with Crippen LogP contribution in [0, 0.1) is 0 Å². The lowest BCUT2D eigenvalue weighted by molar-refractivity contribution is -0.123. The van der Waals surface area contributed by atoms with Gasteiger partial charge >= 0.3 is 0 Å². The van der Waals surface area contributed by atoms with E-state index in [0.717, 1.165) is 11.1 Å². The van der Waals surface area contributed by atoms with Crippen molar-refractivity contribution in [1.82, 2.24) is 10.6 Å². The Kier molecular flexibility index (Phi) is 6.32. The topological polar surface area (TPSA) is 85.9 Å². The average Bonchev–Trinajstić information content (AvgIpc) is 3.28. The van der Waals surface area contributed by atoms with Crippen molar-refractivity contribution in [2.75, 3.05) is 13.4 Å². The van der Waals surface area contributed by atoms with E-state index in [1.165, 1.54) is 0 Å². The zero-order valence-corrected chi connectivity index (χ0v) is 16.8. The monoisotopic (exact) mass is 418 g/mol. The van der Waals surface area contributed by atoms with Crippen molar-refractivity contribution in [1.29, 1.82) is 0 Å². The number of hydrogen-bond acceptors (Lipinski definition) is 5. The van der Waals surface area contributed by atoms with Crippen LogP contribution in [0.4, 0.5) is 0 Å². The second-order valence-electron chi connectivity index (χ2n) is 6.92. The number of hydrogen-bond donors (Lipinski definition) is 2. The van der Waals surface area contributed by atoms with Crippen molar-refractivity contribution >= 4 is 11.8 Å². The number of carbonyl (C=O) groups is 2.